The van der Waals surface area contributed by atoms with E-state index in [4.69, 9.17) is 4.98 Å². The highest BCUT2D eigenvalue weighted by Crippen LogP contribution is 2.19. The van der Waals surface area contributed by atoms with E-state index in [9.17, 15) is 0 Å². The van der Waals surface area contributed by atoms with E-state index in [1.165, 1.54) is 36.6 Å². The zero-order valence-corrected chi connectivity index (χ0v) is 17.2. The summed E-state index contributed by atoms with van der Waals surface area (Å²) in [5.74, 6) is 2.30. The van der Waals surface area contributed by atoms with Gasteiger partial charge in [-0.3, -0.25) is 9.89 Å². The molecular weight excluding hydrogens is 330 g/mol. The maximum atomic E-state index is 4.70. The lowest BCUT2D eigenvalue weighted by atomic mass is 9.97. The fourth-order valence-electron chi connectivity index (χ4n) is 3.02. The molecule has 1 aromatic heterocycles. The summed E-state index contributed by atoms with van der Waals surface area (Å²) in [6.45, 7) is 14.9. The van der Waals surface area contributed by atoms with Crippen LogP contribution in [0.25, 0.3) is 0 Å². The first-order chi connectivity index (χ1) is 12.1. The van der Waals surface area contributed by atoms with Crippen LogP contribution in [0.5, 0.6) is 0 Å². The molecule has 2 heterocycles. The Kier molecular flexibility index (Phi) is 8.68. The molecule has 142 valence electrons. The van der Waals surface area contributed by atoms with Gasteiger partial charge in [0.1, 0.15) is 0 Å². The molecule has 1 aliphatic heterocycles. The summed E-state index contributed by atoms with van der Waals surface area (Å²) in [6, 6.07) is 0. The van der Waals surface area contributed by atoms with Crippen molar-refractivity contribution in [2.45, 2.75) is 53.5 Å². The summed E-state index contributed by atoms with van der Waals surface area (Å²) in [5.41, 5.74) is 1.24. The van der Waals surface area contributed by atoms with Gasteiger partial charge in [-0.15, -0.1) is 11.3 Å². The molecule has 0 unspecified atom stereocenters. The van der Waals surface area contributed by atoms with Gasteiger partial charge in [0.2, 0.25) is 0 Å². The summed E-state index contributed by atoms with van der Waals surface area (Å²) in [6.07, 6.45) is 3.55. The zero-order valence-electron chi connectivity index (χ0n) is 16.3. The van der Waals surface area contributed by atoms with Gasteiger partial charge in [-0.25, -0.2) is 4.98 Å². The fourth-order valence-corrected chi connectivity index (χ4v) is 3.75. The van der Waals surface area contributed by atoms with E-state index in [0.29, 0.717) is 5.92 Å². The predicted molar refractivity (Wildman–Crippen MR) is 108 cm³/mol. The molecule has 1 aliphatic rings. The molecule has 2 N–H and O–H groups in total. The first-order valence-corrected chi connectivity index (χ1v) is 10.7. The highest BCUT2D eigenvalue weighted by Gasteiger charge is 2.20. The number of piperidine rings is 1. The molecule has 5 nitrogen and oxygen atoms in total. The third-order valence-electron chi connectivity index (χ3n) is 4.51. The monoisotopic (exact) mass is 365 g/mol. The van der Waals surface area contributed by atoms with Gasteiger partial charge in [-0.2, -0.15) is 0 Å². The van der Waals surface area contributed by atoms with Crippen molar-refractivity contribution in [2.24, 2.45) is 16.8 Å². The van der Waals surface area contributed by atoms with Crippen molar-refractivity contribution in [3.05, 3.63) is 16.1 Å². The van der Waals surface area contributed by atoms with Crippen LogP contribution in [0.1, 0.15) is 51.2 Å². The number of nitrogens with one attached hydrogen (secondary N) is 2. The van der Waals surface area contributed by atoms with E-state index in [1.807, 2.05) is 0 Å². The van der Waals surface area contributed by atoms with Gasteiger partial charge in [0, 0.05) is 31.6 Å². The van der Waals surface area contributed by atoms with E-state index < -0.39 is 0 Å². The van der Waals surface area contributed by atoms with Gasteiger partial charge in [0.25, 0.3) is 0 Å². The molecule has 25 heavy (non-hydrogen) atoms. The number of aliphatic imine (C=N–C) groups is 1. The van der Waals surface area contributed by atoms with Crippen LogP contribution in [0.3, 0.4) is 0 Å². The molecule has 0 spiro atoms. The van der Waals surface area contributed by atoms with Crippen molar-refractivity contribution < 1.29 is 0 Å². The van der Waals surface area contributed by atoms with Crippen LogP contribution in [0.4, 0.5) is 0 Å². The molecule has 1 fully saturated rings. The second-order valence-corrected chi connectivity index (χ2v) is 8.24. The van der Waals surface area contributed by atoms with Crippen LogP contribution < -0.4 is 10.6 Å². The SMILES string of the molecule is CCNC(=NCC(C)C)NCC1CCN(Cc2csc(CC)n2)CC1. The van der Waals surface area contributed by atoms with E-state index >= 15 is 0 Å². The lowest BCUT2D eigenvalue weighted by Crippen LogP contribution is -2.43. The molecule has 1 saturated heterocycles. The molecule has 0 amide bonds. The Balaban J connectivity index is 1.71. The maximum absolute atomic E-state index is 4.70. The summed E-state index contributed by atoms with van der Waals surface area (Å²) in [7, 11) is 0. The number of nitrogens with zero attached hydrogens (tertiary/aromatic N) is 3. The molecule has 0 saturated carbocycles. The molecule has 0 atom stereocenters. The average molecular weight is 366 g/mol. The largest absolute Gasteiger partial charge is 0.357 e. The quantitative estimate of drug-likeness (QED) is 0.549. The number of likely N-dealkylation sites (tertiary alicyclic amines) is 1. The van der Waals surface area contributed by atoms with E-state index in [2.05, 4.69) is 53.6 Å². The summed E-state index contributed by atoms with van der Waals surface area (Å²) >= 11 is 1.79. The van der Waals surface area contributed by atoms with E-state index in [-0.39, 0.29) is 0 Å². The summed E-state index contributed by atoms with van der Waals surface area (Å²) < 4.78 is 0. The maximum Gasteiger partial charge on any atom is 0.191 e. The van der Waals surface area contributed by atoms with Crippen molar-refractivity contribution >= 4 is 17.3 Å². The average Bonchev–Trinajstić information content (AvgIpc) is 3.06. The molecule has 1 aromatic rings. The highest BCUT2D eigenvalue weighted by atomic mass is 32.1. The first kappa shape index (κ1) is 20.2. The number of thiazole rings is 1. The van der Waals surface area contributed by atoms with Crippen LogP contribution in [-0.4, -0.2) is 48.6 Å². The Bertz CT molecular complexity index is 518. The molecule has 6 heteroatoms. The van der Waals surface area contributed by atoms with Gasteiger partial charge in [0.15, 0.2) is 5.96 Å². The van der Waals surface area contributed by atoms with Crippen LogP contribution in [0, 0.1) is 11.8 Å². The van der Waals surface area contributed by atoms with Crippen molar-refractivity contribution in [1.82, 2.24) is 20.5 Å². The highest BCUT2D eigenvalue weighted by molar-refractivity contribution is 7.09. The second kappa shape index (κ2) is 10.8. The van der Waals surface area contributed by atoms with E-state index in [0.717, 1.165) is 44.5 Å². The Hall–Kier alpha value is -1.14. The van der Waals surface area contributed by atoms with Crippen LogP contribution in [0.15, 0.2) is 10.4 Å². The molecule has 2 rings (SSSR count). The number of aromatic nitrogens is 1. The van der Waals surface area contributed by atoms with Crippen LogP contribution in [0.2, 0.25) is 0 Å². The minimum absolute atomic E-state index is 0.595. The number of guanidine groups is 1. The topological polar surface area (TPSA) is 52.6 Å². The lowest BCUT2D eigenvalue weighted by Gasteiger charge is -2.31. The molecule has 0 aromatic carbocycles. The van der Waals surface area contributed by atoms with Gasteiger partial charge in [-0.1, -0.05) is 20.8 Å². The lowest BCUT2D eigenvalue weighted by molar-refractivity contribution is 0.176. The van der Waals surface area contributed by atoms with Gasteiger partial charge in [-0.05, 0) is 51.1 Å². The predicted octanol–water partition coefficient (Wildman–Crippen LogP) is 3.13. The smallest absolute Gasteiger partial charge is 0.191 e. The Morgan fingerprint density at radius 1 is 1.32 bits per heavy atom. The van der Waals surface area contributed by atoms with Crippen LogP contribution >= 0.6 is 11.3 Å². The minimum atomic E-state index is 0.595. The molecular formula is C19H35N5S. The number of rotatable bonds is 8. The molecule has 0 aliphatic carbocycles. The van der Waals surface area contributed by atoms with Gasteiger partial charge >= 0.3 is 0 Å². The number of hydrogen-bond acceptors (Lipinski definition) is 4. The summed E-state index contributed by atoms with van der Waals surface area (Å²) in [5, 5.41) is 10.4. The summed E-state index contributed by atoms with van der Waals surface area (Å²) in [4.78, 5) is 11.9. The standard InChI is InChI=1S/C19H35N5S/c1-5-18-23-17(14-25-18)13-24-9-7-16(8-10-24)12-22-19(20-6-2)21-11-15(3)4/h14-16H,5-13H2,1-4H3,(H2,20,21,22). The number of aryl methyl sites for hydroxylation is 1. The number of hydrogen-bond donors (Lipinski definition) is 2. The normalized spacial score (nSPS) is 17.2. The van der Waals surface area contributed by atoms with Crippen LogP contribution in [-0.2, 0) is 13.0 Å². The first-order valence-electron chi connectivity index (χ1n) is 9.78. The van der Waals surface area contributed by atoms with Crippen molar-refractivity contribution in [3.63, 3.8) is 0 Å². The third kappa shape index (κ3) is 7.32. The third-order valence-corrected chi connectivity index (χ3v) is 5.55. The zero-order chi connectivity index (χ0) is 18.1. The Morgan fingerprint density at radius 3 is 2.68 bits per heavy atom. The fraction of sp³-hybridized carbons (Fsp3) is 0.789. The second-order valence-electron chi connectivity index (χ2n) is 7.30. The minimum Gasteiger partial charge on any atom is -0.357 e. The van der Waals surface area contributed by atoms with E-state index in [1.54, 1.807) is 11.3 Å². The molecule has 0 bridgehead atoms. The van der Waals surface area contributed by atoms with Crippen molar-refractivity contribution in [3.8, 4) is 0 Å². The van der Waals surface area contributed by atoms with Crippen molar-refractivity contribution in [1.29, 1.82) is 0 Å². The van der Waals surface area contributed by atoms with Gasteiger partial charge < -0.3 is 10.6 Å². The Morgan fingerprint density at radius 2 is 2.08 bits per heavy atom. The Labute approximate surface area is 157 Å². The van der Waals surface area contributed by atoms with Crippen molar-refractivity contribution in [2.75, 3.05) is 32.7 Å². The van der Waals surface area contributed by atoms with Gasteiger partial charge in [0.05, 0.1) is 10.7 Å². The molecule has 0 radical (unpaired) electrons.